The molecule has 0 saturated carbocycles. The smallest absolute Gasteiger partial charge is 0.317 e. The van der Waals surface area contributed by atoms with Crippen LogP contribution in [0.5, 0.6) is 0 Å². The van der Waals surface area contributed by atoms with Crippen molar-refractivity contribution in [1.82, 2.24) is 10.2 Å². The molecule has 2 saturated heterocycles. The monoisotopic (exact) mass is 284 g/mol. The highest BCUT2D eigenvalue weighted by Gasteiger charge is 2.43. The third-order valence-corrected chi connectivity index (χ3v) is 4.78. The quantitative estimate of drug-likeness (QED) is 0.804. The van der Waals surface area contributed by atoms with Gasteiger partial charge in [-0.15, -0.1) is 0 Å². The zero-order valence-electron chi connectivity index (χ0n) is 12.4. The Bertz CT molecular complexity index is 414. The molecule has 2 fully saturated rings. The molecular weight excluding hydrogens is 260 g/mol. The van der Waals surface area contributed by atoms with E-state index in [1.807, 2.05) is 13.8 Å². The van der Waals surface area contributed by atoms with Gasteiger partial charge in [-0.05, 0) is 40.0 Å². The van der Waals surface area contributed by atoms with Crippen molar-refractivity contribution in [3.05, 3.63) is 0 Å². The van der Waals surface area contributed by atoms with Gasteiger partial charge in [0.1, 0.15) is 0 Å². The molecule has 2 rings (SSSR count). The zero-order valence-corrected chi connectivity index (χ0v) is 12.4. The van der Waals surface area contributed by atoms with Crippen LogP contribution in [0.4, 0.5) is 4.79 Å². The third-order valence-electron chi connectivity index (χ3n) is 4.78. The van der Waals surface area contributed by atoms with Crippen molar-refractivity contribution in [2.45, 2.75) is 51.7 Å². The van der Waals surface area contributed by atoms with Crippen LogP contribution in [0.15, 0.2) is 0 Å². The first-order valence-electron chi connectivity index (χ1n) is 7.19. The average molecular weight is 284 g/mol. The Hall–Kier alpha value is -1.30. The maximum atomic E-state index is 12.4. The number of ether oxygens (including phenoxy) is 1. The summed E-state index contributed by atoms with van der Waals surface area (Å²) in [5, 5.41) is 12.3. The predicted molar refractivity (Wildman–Crippen MR) is 73.5 cm³/mol. The molecule has 0 bridgehead atoms. The number of nitrogens with zero attached hydrogens (tertiary/aromatic N) is 1. The number of piperidine rings is 1. The average Bonchev–Trinajstić information content (AvgIpc) is 2.69. The summed E-state index contributed by atoms with van der Waals surface area (Å²) >= 11 is 0. The fraction of sp³-hybridized carbons (Fsp3) is 0.857. The number of carboxylic acid groups (broad SMARTS) is 1. The number of amides is 2. The van der Waals surface area contributed by atoms with Crippen molar-refractivity contribution in [3.63, 3.8) is 0 Å². The molecule has 3 atom stereocenters. The highest BCUT2D eigenvalue weighted by atomic mass is 16.5. The first-order chi connectivity index (χ1) is 9.27. The number of carboxylic acids is 1. The van der Waals surface area contributed by atoms with Crippen molar-refractivity contribution >= 4 is 12.0 Å². The van der Waals surface area contributed by atoms with E-state index >= 15 is 0 Å². The van der Waals surface area contributed by atoms with E-state index in [1.165, 1.54) is 0 Å². The fourth-order valence-corrected chi connectivity index (χ4v) is 2.91. The summed E-state index contributed by atoms with van der Waals surface area (Å²) in [7, 11) is 0. The number of carbonyl (C=O) groups is 2. The highest BCUT2D eigenvalue weighted by Crippen LogP contribution is 2.31. The minimum atomic E-state index is -0.839. The minimum absolute atomic E-state index is 0.0258. The van der Waals surface area contributed by atoms with Gasteiger partial charge in [0.2, 0.25) is 0 Å². The van der Waals surface area contributed by atoms with Crippen molar-refractivity contribution < 1.29 is 19.4 Å². The van der Waals surface area contributed by atoms with E-state index in [4.69, 9.17) is 4.74 Å². The molecule has 0 spiro atoms. The van der Waals surface area contributed by atoms with Crippen LogP contribution in [0.3, 0.4) is 0 Å². The van der Waals surface area contributed by atoms with Crippen LogP contribution in [0.25, 0.3) is 0 Å². The standard InChI is InChI=1S/C14H24N2O4/c1-10-14(3,6-8-20-10)15-12(19)16-7-4-5-13(2,9-16)11(17)18/h10H,4-9H2,1-3H3,(H,15,19)(H,17,18). The number of nitrogens with one attached hydrogen (secondary N) is 1. The van der Waals surface area contributed by atoms with Gasteiger partial charge in [-0.2, -0.15) is 0 Å². The molecule has 3 unspecified atom stereocenters. The number of aliphatic carboxylic acids is 1. The van der Waals surface area contributed by atoms with E-state index in [2.05, 4.69) is 5.32 Å². The van der Waals surface area contributed by atoms with Crippen LogP contribution < -0.4 is 5.32 Å². The predicted octanol–water partition coefficient (Wildman–Crippen LogP) is 1.45. The summed E-state index contributed by atoms with van der Waals surface area (Å²) in [6.45, 7) is 7.15. The summed E-state index contributed by atoms with van der Waals surface area (Å²) in [6, 6.07) is -0.183. The summed E-state index contributed by atoms with van der Waals surface area (Å²) in [5.74, 6) is -0.834. The maximum Gasteiger partial charge on any atom is 0.317 e. The van der Waals surface area contributed by atoms with E-state index < -0.39 is 11.4 Å². The highest BCUT2D eigenvalue weighted by molar-refractivity contribution is 5.79. The van der Waals surface area contributed by atoms with Crippen molar-refractivity contribution in [1.29, 1.82) is 0 Å². The Labute approximate surface area is 119 Å². The molecule has 0 radical (unpaired) electrons. The van der Waals surface area contributed by atoms with Crippen LogP contribution >= 0.6 is 0 Å². The first kappa shape index (κ1) is 15.1. The van der Waals surface area contributed by atoms with Gasteiger partial charge in [-0.3, -0.25) is 4.79 Å². The zero-order chi connectivity index (χ0) is 15.0. The number of likely N-dealkylation sites (tertiary alicyclic amines) is 1. The molecule has 2 aliphatic rings. The summed E-state index contributed by atoms with van der Waals surface area (Å²) < 4.78 is 5.51. The Balaban J connectivity index is 2.01. The molecule has 2 heterocycles. The van der Waals surface area contributed by atoms with Crippen LogP contribution in [0.1, 0.15) is 40.0 Å². The van der Waals surface area contributed by atoms with E-state index in [0.29, 0.717) is 19.6 Å². The first-order valence-corrected chi connectivity index (χ1v) is 7.19. The molecule has 2 N–H and O–H groups in total. The molecule has 2 amide bonds. The second-order valence-corrected chi connectivity index (χ2v) is 6.50. The topological polar surface area (TPSA) is 78.9 Å². The second kappa shape index (κ2) is 5.24. The molecule has 0 aliphatic carbocycles. The van der Waals surface area contributed by atoms with Gasteiger partial charge in [0.25, 0.3) is 0 Å². The van der Waals surface area contributed by atoms with Crippen LogP contribution in [0, 0.1) is 5.41 Å². The molecule has 0 aromatic rings. The number of hydrogen-bond donors (Lipinski definition) is 2. The summed E-state index contributed by atoms with van der Waals surface area (Å²) in [4.78, 5) is 25.3. The molecule has 6 nitrogen and oxygen atoms in total. The molecule has 2 aliphatic heterocycles. The Morgan fingerprint density at radius 1 is 1.35 bits per heavy atom. The van der Waals surface area contributed by atoms with Gasteiger partial charge < -0.3 is 20.1 Å². The van der Waals surface area contributed by atoms with Gasteiger partial charge in [0, 0.05) is 19.7 Å². The number of urea groups is 1. The van der Waals surface area contributed by atoms with E-state index in [1.54, 1.807) is 11.8 Å². The lowest BCUT2D eigenvalue weighted by Gasteiger charge is -2.39. The second-order valence-electron chi connectivity index (χ2n) is 6.50. The van der Waals surface area contributed by atoms with Crippen LogP contribution in [0.2, 0.25) is 0 Å². The van der Waals surface area contributed by atoms with Crippen LogP contribution in [-0.4, -0.2) is 53.3 Å². The van der Waals surface area contributed by atoms with E-state index in [-0.39, 0.29) is 24.2 Å². The fourth-order valence-electron chi connectivity index (χ4n) is 2.91. The number of rotatable bonds is 2. The lowest BCUT2D eigenvalue weighted by atomic mass is 9.82. The van der Waals surface area contributed by atoms with Gasteiger partial charge in [-0.25, -0.2) is 4.79 Å². The minimum Gasteiger partial charge on any atom is -0.481 e. The molecule has 114 valence electrons. The molecular formula is C14H24N2O4. The van der Waals surface area contributed by atoms with Gasteiger partial charge in [0.15, 0.2) is 0 Å². The normalized spacial score (nSPS) is 37.8. The lowest BCUT2D eigenvalue weighted by Crippen LogP contribution is -2.58. The Morgan fingerprint density at radius 2 is 2.05 bits per heavy atom. The number of carbonyl (C=O) groups excluding carboxylic acids is 1. The van der Waals surface area contributed by atoms with E-state index in [0.717, 1.165) is 12.8 Å². The van der Waals surface area contributed by atoms with Gasteiger partial charge in [-0.1, -0.05) is 0 Å². The Morgan fingerprint density at radius 3 is 2.60 bits per heavy atom. The van der Waals surface area contributed by atoms with Crippen LogP contribution in [-0.2, 0) is 9.53 Å². The largest absolute Gasteiger partial charge is 0.481 e. The van der Waals surface area contributed by atoms with Gasteiger partial charge in [0.05, 0.1) is 17.1 Å². The molecule has 0 aromatic heterocycles. The van der Waals surface area contributed by atoms with Gasteiger partial charge >= 0.3 is 12.0 Å². The maximum absolute atomic E-state index is 12.4. The van der Waals surface area contributed by atoms with E-state index in [9.17, 15) is 14.7 Å². The molecule has 6 heteroatoms. The third kappa shape index (κ3) is 2.75. The van der Waals surface area contributed by atoms with Crippen molar-refractivity contribution in [2.75, 3.05) is 19.7 Å². The molecule has 20 heavy (non-hydrogen) atoms. The lowest BCUT2D eigenvalue weighted by molar-refractivity contribution is -0.150. The SMILES string of the molecule is CC1OCCC1(C)NC(=O)N1CCCC(C)(C(=O)O)C1. The Kier molecular flexibility index (Phi) is 3.95. The number of hydrogen-bond acceptors (Lipinski definition) is 3. The molecule has 0 aromatic carbocycles. The van der Waals surface area contributed by atoms with Crippen molar-refractivity contribution in [3.8, 4) is 0 Å². The van der Waals surface area contributed by atoms with Crippen molar-refractivity contribution in [2.24, 2.45) is 5.41 Å². The summed E-state index contributed by atoms with van der Waals surface area (Å²) in [6.07, 6.45) is 2.09. The summed E-state index contributed by atoms with van der Waals surface area (Å²) in [5.41, 5.74) is -1.21.